The second kappa shape index (κ2) is 7.32. The van der Waals surface area contributed by atoms with Crippen molar-refractivity contribution in [3.05, 3.63) is 70.7 Å². The van der Waals surface area contributed by atoms with E-state index in [9.17, 15) is 14.7 Å². The number of anilines is 1. The van der Waals surface area contributed by atoms with Crippen LogP contribution in [0, 0.1) is 0 Å². The van der Waals surface area contributed by atoms with Crippen LogP contribution in [0.25, 0.3) is 16.5 Å². The molecule has 1 heterocycles. The van der Waals surface area contributed by atoms with E-state index in [0.717, 1.165) is 4.47 Å². The Morgan fingerprint density at radius 2 is 1.96 bits per heavy atom. The van der Waals surface area contributed by atoms with Gasteiger partial charge in [0.25, 0.3) is 5.91 Å². The van der Waals surface area contributed by atoms with E-state index in [1.54, 1.807) is 48.7 Å². The van der Waals surface area contributed by atoms with Gasteiger partial charge in [-0.1, -0.05) is 28.1 Å². The summed E-state index contributed by atoms with van der Waals surface area (Å²) in [5.74, 6) is -2.01. The number of nitrogens with two attached hydrogens (primary N) is 1. The van der Waals surface area contributed by atoms with Crippen LogP contribution in [-0.4, -0.2) is 27.0 Å². The van der Waals surface area contributed by atoms with Gasteiger partial charge in [0.2, 0.25) is 0 Å². The van der Waals surface area contributed by atoms with Crippen molar-refractivity contribution in [3.8, 4) is 0 Å². The molecule has 1 aromatic heterocycles. The topological polar surface area (TPSA) is 118 Å². The summed E-state index contributed by atoms with van der Waals surface area (Å²) in [5, 5.41) is 12.6. The summed E-state index contributed by atoms with van der Waals surface area (Å²) in [7, 11) is 0. The second-order valence-electron chi connectivity index (χ2n) is 5.35. The summed E-state index contributed by atoms with van der Waals surface area (Å²) in [5.41, 5.74) is 6.55. The highest BCUT2D eigenvalue weighted by Gasteiger charge is 2.21. The highest BCUT2D eigenvalue weighted by atomic mass is 79.9. The molecule has 0 radical (unpaired) electrons. The lowest BCUT2D eigenvalue weighted by molar-refractivity contribution is -0.132. The summed E-state index contributed by atoms with van der Waals surface area (Å²) in [4.78, 5) is 32.2. The average Bonchev–Trinajstić information content (AvgIpc) is 2.61. The predicted molar refractivity (Wildman–Crippen MR) is 101 cm³/mol. The van der Waals surface area contributed by atoms with Gasteiger partial charge in [0.15, 0.2) is 0 Å². The Hall–Kier alpha value is -3.26. The number of hydrogen-bond acceptors (Lipinski definition) is 5. The Morgan fingerprint density at radius 1 is 1.15 bits per heavy atom. The maximum Gasteiger partial charge on any atom is 0.352 e. The minimum Gasteiger partial charge on any atom is -0.477 e. The van der Waals surface area contributed by atoms with Crippen LogP contribution < -0.4 is 11.1 Å². The van der Waals surface area contributed by atoms with Gasteiger partial charge in [-0.3, -0.25) is 4.79 Å². The SMILES string of the molecule is NC(C(=O)O)=C(C(=O)Nc1cccc(Br)c1)c1ccc2ncncc2c1. The number of carboxylic acids is 1. The van der Waals surface area contributed by atoms with Crippen LogP contribution in [-0.2, 0) is 9.59 Å². The average molecular weight is 413 g/mol. The molecule has 0 spiro atoms. The van der Waals surface area contributed by atoms with E-state index in [-0.39, 0.29) is 5.57 Å². The van der Waals surface area contributed by atoms with Crippen molar-refractivity contribution in [1.29, 1.82) is 0 Å². The number of rotatable bonds is 4. The lowest BCUT2D eigenvalue weighted by Gasteiger charge is -2.12. The summed E-state index contributed by atoms with van der Waals surface area (Å²) < 4.78 is 0.773. The zero-order chi connectivity index (χ0) is 18.7. The number of nitrogens with one attached hydrogen (secondary N) is 1. The van der Waals surface area contributed by atoms with E-state index in [1.807, 2.05) is 0 Å². The first-order valence-corrected chi connectivity index (χ1v) is 8.25. The largest absolute Gasteiger partial charge is 0.477 e. The number of aromatic nitrogens is 2. The summed E-state index contributed by atoms with van der Waals surface area (Å²) in [6.07, 6.45) is 2.98. The van der Waals surface area contributed by atoms with Crippen LogP contribution in [0.1, 0.15) is 5.56 Å². The summed E-state index contributed by atoms with van der Waals surface area (Å²) in [6.45, 7) is 0. The Morgan fingerprint density at radius 3 is 2.69 bits per heavy atom. The number of carboxylic acid groups (broad SMARTS) is 1. The van der Waals surface area contributed by atoms with Crippen molar-refractivity contribution < 1.29 is 14.7 Å². The number of carbonyl (C=O) groups is 2. The fraction of sp³-hybridized carbons (Fsp3) is 0. The molecular weight excluding hydrogens is 400 g/mol. The molecule has 0 aliphatic rings. The fourth-order valence-corrected chi connectivity index (χ4v) is 2.82. The van der Waals surface area contributed by atoms with Crippen LogP contribution >= 0.6 is 15.9 Å². The van der Waals surface area contributed by atoms with Gasteiger partial charge in [-0.25, -0.2) is 14.8 Å². The van der Waals surface area contributed by atoms with Crippen LogP contribution in [0.4, 0.5) is 5.69 Å². The van der Waals surface area contributed by atoms with Crippen LogP contribution in [0.2, 0.25) is 0 Å². The zero-order valence-electron chi connectivity index (χ0n) is 13.3. The third-order valence-electron chi connectivity index (χ3n) is 3.60. The maximum absolute atomic E-state index is 12.7. The second-order valence-corrected chi connectivity index (χ2v) is 6.27. The third kappa shape index (κ3) is 3.70. The monoisotopic (exact) mass is 412 g/mol. The van der Waals surface area contributed by atoms with Crippen LogP contribution in [0.15, 0.2) is 65.2 Å². The molecular formula is C18H13BrN4O3. The molecule has 26 heavy (non-hydrogen) atoms. The molecule has 7 nitrogen and oxygen atoms in total. The number of fused-ring (bicyclic) bond motifs is 1. The van der Waals surface area contributed by atoms with Gasteiger partial charge in [0.05, 0.1) is 11.1 Å². The number of hydrogen-bond donors (Lipinski definition) is 3. The molecule has 130 valence electrons. The van der Waals surface area contributed by atoms with E-state index in [2.05, 4.69) is 31.2 Å². The first-order valence-electron chi connectivity index (χ1n) is 7.46. The molecule has 1 amide bonds. The predicted octanol–water partition coefficient (Wildman–Crippen LogP) is 2.79. The molecule has 8 heteroatoms. The van der Waals surface area contributed by atoms with Gasteiger partial charge < -0.3 is 16.2 Å². The Labute approximate surface area is 156 Å². The van der Waals surface area contributed by atoms with Crippen molar-refractivity contribution in [3.63, 3.8) is 0 Å². The Bertz CT molecular complexity index is 1050. The van der Waals surface area contributed by atoms with Crippen molar-refractivity contribution in [2.24, 2.45) is 5.73 Å². The van der Waals surface area contributed by atoms with Gasteiger partial charge in [-0.15, -0.1) is 0 Å². The van der Waals surface area contributed by atoms with E-state index in [4.69, 9.17) is 5.73 Å². The molecule has 0 saturated carbocycles. The summed E-state index contributed by atoms with van der Waals surface area (Å²) >= 11 is 3.32. The quantitative estimate of drug-likeness (QED) is 0.566. The summed E-state index contributed by atoms with van der Waals surface area (Å²) in [6, 6.07) is 11.8. The zero-order valence-corrected chi connectivity index (χ0v) is 14.9. The minimum atomic E-state index is -1.38. The lowest BCUT2D eigenvalue weighted by atomic mass is 10.0. The molecule has 3 aromatic rings. The fourth-order valence-electron chi connectivity index (χ4n) is 2.42. The molecule has 4 N–H and O–H groups in total. The van der Waals surface area contributed by atoms with E-state index in [0.29, 0.717) is 22.2 Å². The molecule has 3 rings (SSSR count). The number of amides is 1. The number of carbonyl (C=O) groups excluding carboxylic acids is 1. The maximum atomic E-state index is 12.7. The molecule has 0 atom stereocenters. The first kappa shape index (κ1) is 17.6. The minimum absolute atomic E-state index is 0.136. The van der Waals surface area contributed by atoms with Crippen molar-refractivity contribution in [1.82, 2.24) is 9.97 Å². The Kier molecular flexibility index (Phi) is 4.94. The molecule has 0 aliphatic carbocycles. The normalized spacial score (nSPS) is 11.7. The van der Waals surface area contributed by atoms with E-state index >= 15 is 0 Å². The van der Waals surface area contributed by atoms with Crippen molar-refractivity contribution in [2.45, 2.75) is 0 Å². The molecule has 0 saturated heterocycles. The molecule has 0 unspecified atom stereocenters. The molecule has 0 bridgehead atoms. The van der Waals surface area contributed by atoms with Gasteiger partial charge >= 0.3 is 5.97 Å². The Balaban J connectivity index is 2.06. The highest BCUT2D eigenvalue weighted by Crippen LogP contribution is 2.24. The molecule has 0 aliphatic heterocycles. The van der Waals surface area contributed by atoms with Crippen molar-refractivity contribution >= 4 is 50.0 Å². The smallest absolute Gasteiger partial charge is 0.352 e. The molecule has 0 fully saturated rings. The highest BCUT2D eigenvalue weighted by molar-refractivity contribution is 9.10. The van der Waals surface area contributed by atoms with Gasteiger partial charge in [0, 0.05) is 21.7 Å². The number of benzene rings is 2. The number of nitrogens with zero attached hydrogens (tertiary/aromatic N) is 2. The standard InChI is InChI=1S/C18H13BrN4O3/c19-12-2-1-3-13(7-12)23-17(24)15(16(20)18(25)26)10-4-5-14-11(6-10)8-21-9-22-14/h1-9H,20H2,(H,23,24)(H,25,26). The van der Waals surface area contributed by atoms with Crippen molar-refractivity contribution in [2.75, 3.05) is 5.32 Å². The van der Waals surface area contributed by atoms with E-state index < -0.39 is 17.6 Å². The lowest BCUT2D eigenvalue weighted by Crippen LogP contribution is -2.22. The third-order valence-corrected chi connectivity index (χ3v) is 4.10. The number of aliphatic carboxylic acids is 1. The van der Waals surface area contributed by atoms with E-state index in [1.165, 1.54) is 6.33 Å². The van der Waals surface area contributed by atoms with Gasteiger partial charge in [0.1, 0.15) is 12.0 Å². The molecule has 2 aromatic carbocycles. The first-order chi connectivity index (χ1) is 12.5. The number of halogens is 1. The van der Waals surface area contributed by atoms with Crippen LogP contribution in [0.5, 0.6) is 0 Å². The van der Waals surface area contributed by atoms with Gasteiger partial charge in [-0.2, -0.15) is 0 Å². The van der Waals surface area contributed by atoms with Gasteiger partial charge in [-0.05, 0) is 35.9 Å². The van der Waals surface area contributed by atoms with Crippen LogP contribution in [0.3, 0.4) is 0 Å².